The molecule has 2 aromatic rings. The number of carbonyl (C=O) groups is 1. The van der Waals surface area contributed by atoms with Crippen LogP contribution in [0.3, 0.4) is 0 Å². The standard InChI is InChI=1S/C9H11Br.C7H7F.C4H6O/c1-7(2)8-3-5-9(10)6-4-8;1-6-2-4-7(8)5-3-6;1-3-4(2)5/h3-7H,1-2H3;2-5H,1H3;3H,1H2,2H3. The molecule has 0 aliphatic rings. The molecule has 0 atom stereocenters. The Kier molecular flexibility index (Phi) is 10.9. The molecule has 0 bridgehead atoms. The zero-order valence-corrected chi connectivity index (χ0v) is 15.7. The van der Waals surface area contributed by atoms with E-state index in [9.17, 15) is 9.18 Å². The van der Waals surface area contributed by atoms with Gasteiger partial charge in [-0.2, -0.15) is 0 Å². The lowest BCUT2D eigenvalue weighted by Crippen LogP contribution is -1.84. The fraction of sp³-hybridized carbons (Fsp3) is 0.250. The Morgan fingerprint density at radius 1 is 1.09 bits per heavy atom. The molecule has 2 aromatic carbocycles. The average molecular weight is 379 g/mol. The molecule has 0 saturated heterocycles. The van der Waals surface area contributed by atoms with Crippen molar-refractivity contribution >= 4 is 21.7 Å². The van der Waals surface area contributed by atoms with Crippen molar-refractivity contribution in [3.05, 3.63) is 82.6 Å². The van der Waals surface area contributed by atoms with Crippen LogP contribution in [0.5, 0.6) is 0 Å². The highest BCUT2D eigenvalue weighted by Crippen LogP contribution is 2.17. The van der Waals surface area contributed by atoms with E-state index in [4.69, 9.17) is 0 Å². The normalized spacial score (nSPS) is 9.17. The number of hydrogen-bond acceptors (Lipinski definition) is 1. The minimum absolute atomic E-state index is 0.0185. The summed E-state index contributed by atoms with van der Waals surface area (Å²) in [5.74, 6) is 0.480. The first-order valence-corrected chi connectivity index (χ1v) is 8.16. The number of benzene rings is 2. The summed E-state index contributed by atoms with van der Waals surface area (Å²) >= 11 is 3.39. The Morgan fingerprint density at radius 3 is 1.83 bits per heavy atom. The second kappa shape index (κ2) is 11.8. The van der Waals surface area contributed by atoms with E-state index in [1.807, 2.05) is 6.92 Å². The molecule has 0 heterocycles. The first-order chi connectivity index (χ1) is 10.8. The molecule has 0 saturated carbocycles. The summed E-state index contributed by atoms with van der Waals surface area (Å²) in [5.41, 5.74) is 2.48. The van der Waals surface area contributed by atoms with Crippen LogP contribution in [-0.2, 0) is 4.79 Å². The molecular formula is C20H24BrFO. The molecule has 0 radical (unpaired) electrons. The van der Waals surface area contributed by atoms with E-state index in [0.717, 1.165) is 10.0 Å². The van der Waals surface area contributed by atoms with Crippen molar-refractivity contribution in [2.75, 3.05) is 0 Å². The summed E-state index contributed by atoms with van der Waals surface area (Å²) in [6.45, 7) is 11.0. The number of hydrogen-bond donors (Lipinski definition) is 0. The lowest BCUT2D eigenvalue weighted by atomic mass is 10.0. The average Bonchev–Trinajstić information content (AvgIpc) is 2.52. The number of halogens is 2. The highest BCUT2D eigenvalue weighted by atomic mass is 79.9. The lowest BCUT2D eigenvalue weighted by molar-refractivity contribution is -0.112. The van der Waals surface area contributed by atoms with Crippen LogP contribution in [0.25, 0.3) is 0 Å². The van der Waals surface area contributed by atoms with Gasteiger partial charge in [0.05, 0.1) is 0 Å². The van der Waals surface area contributed by atoms with Gasteiger partial charge in [-0.05, 0) is 55.7 Å². The van der Waals surface area contributed by atoms with Crippen LogP contribution in [0.15, 0.2) is 65.7 Å². The van der Waals surface area contributed by atoms with Gasteiger partial charge in [-0.3, -0.25) is 4.79 Å². The van der Waals surface area contributed by atoms with Crippen LogP contribution < -0.4 is 0 Å². The van der Waals surface area contributed by atoms with Crippen LogP contribution in [0, 0.1) is 12.7 Å². The maximum atomic E-state index is 12.1. The Morgan fingerprint density at radius 2 is 1.52 bits per heavy atom. The van der Waals surface area contributed by atoms with Crippen molar-refractivity contribution in [3.63, 3.8) is 0 Å². The number of aryl methyl sites for hydroxylation is 1. The Bertz CT molecular complexity index is 565. The fourth-order valence-corrected chi connectivity index (χ4v) is 1.65. The van der Waals surface area contributed by atoms with Crippen LogP contribution in [-0.4, -0.2) is 5.78 Å². The van der Waals surface area contributed by atoms with Crippen LogP contribution in [0.1, 0.15) is 37.8 Å². The molecule has 3 heteroatoms. The maximum absolute atomic E-state index is 12.1. The maximum Gasteiger partial charge on any atom is 0.152 e. The van der Waals surface area contributed by atoms with Crippen LogP contribution in [0.4, 0.5) is 4.39 Å². The van der Waals surface area contributed by atoms with E-state index in [0.29, 0.717) is 5.92 Å². The molecule has 0 amide bonds. The van der Waals surface area contributed by atoms with Crippen LogP contribution in [0.2, 0.25) is 0 Å². The highest BCUT2D eigenvalue weighted by molar-refractivity contribution is 9.10. The third-order valence-electron chi connectivity index (χ3n) is 2.84. The summed E-state index contributed by atoms with van der Waals surface area (Å²) in [5, 5.41) is 0. The first kappa shape index (κ1) is 21.3. The van der Waals surface area contributed by atoms with Gasteiger partial charge < -0.3 is 0 Å². The SMILES string of the molecule is C=CC(C)=O.CC(C)c1ccc(Br)cc1.Cc1ccc(F)cc1. The third-order valence-corrected chi connectivity index (χ3v) is 3.36. The molecule has 23 heavy (non-hydrogen) atoms. The van der Waals surface area contributed by atoms with E-state index in [1.54, 1.807) is 12.1 Å². The topological polar surface area (TPSA) is 17.1 Å². The van der Waals surface area contributed by atoms with Gasteiger partial charge in [0.15, 0.2) is 5.78 Å². The van der Waals surface area contributed by atoms with Gasteiger partial charge in [-0.1, -0.05) is 66.2 Å². The number of ketones is 1. The highest BCUT2D eigenvalue weighted by Gasteiger charge is 1.95. The summed E-state index contributed by atoms with van der Waals surface area (Å²) in [4.78, 5) is 9.69. The molecule has 0 aromatic heterocycles. The monoisotopic (exact) mass is 378 g/mol. The van der Waals surface area contributed by atoms with E-state index in [2.05, 4.69) is 60.6 Å². The lowest BCUT2D eigenvalue weighted by Gasteiger charge is -2.03. The van der Waals surface area contributed by atoms with Crippen molar-refractivity contribution in [3.8, 4) is 0 Å². The molecule has 124 valence electrons. The Balaban J connectivity index is 0.000000335. The van der Waals surface area contributed by atoms with Gasteiger partial charge >= 0.3 is 0 Å². The van der Waals surface area contributed by atoms with E-state index < -0.39 is 0 Å². The van der Waals surface area contributed by atoms with E-state index in [-0.39, 0.29) is 11.6 Å². The summed E-state index contributed by atoms with van der Waals surface area (Å²) in [6.07, 6.45) is 1.28. The second-order valence-corrected chi connectivity index (χ2v) is 6.23. The fourth-order valence-electron chi connectivity index (χ4n) is 1.38. The summed E-state index contributed by atoms with van der Waals surface area (Å²) in [6, 6.07) is 14.9. The zero-order chi connectivity index (χ0) is 17.8. The number of allylic oxidation sites excluding steroid dienone is 1. The quantitative estimate of drug-likeness (QED) is 0.547. The molecule has 0 aliphatic carbocycles. The van der Waals surface area contributed by atoms with Crippen molar-refractivity contribution in [1.29, 1.82) is 0 Å². The van der Waals surface area contributed by atoms with Gasteiger partial charge in [-0.15, -0.1) is 0 Å². The molecular weight excluding hydrogens is 355 g/mol. The molecule has 0 unspecified atom stereocenters. The van der Waals surface area contributed by atoms with Gasteiger partial charge in [0, 0.05) is 4.47 Å². The summed E-state index contributed by atoms with van der Waals surface area (Å²) < 4.78 is 13.2. The molecule has 0 aliphatic heterocycles. The Hall–Kier alpha value is -1.74. The van der Waals surface area contributed by atoms with Crippen molar-refractivity contribution in [2.45, 2.75) is 33.6 Å². The molecule has 0 fully saturated rings. The van der Waals surface area contributed by atoms with Gasteiger partial charge in [0.1, 0.15) is 5.82 Å². The van der Waals surface area contributed by atoms with Gasteiger partial charge in [0.25, 0.3) is 0 Å². The molecule has 2 rings (SSSR count). The van der Waals surface area contributed by atoms with Gasteiger partial charge in [-0.25, -0.2) is 4.39 Å². The Labute approximate surface area is 147 Å². The van der Waals surface area contributed by atoms with E-state index >= 15 is 0 Å². The minimum atomic E-state index is -0.171. The van der Waals surface area contributed by atoms with Gasteiger partial charge in [0.2, 0.25) is 0 Å². The second-order valence-electron chi connectivity index (χ2n) is 5.32. The molecule has 0 spiro atoms. The largest absolute Gasteiger partial charge is 0.295 e. The summed E-state index contributed by atoms with van der Waals surface area (Å²) in [7, 11) is 0. The van der Waals surface area contributed by atoms with Crippen molar-refractivity contribution < 1.29 is 9.18 Å². The van der Waals surface area contributed by atoms with Crippen molar-refractivity contribution in [2.24, 2.45) is 0 Å². The van der Waals surface area contributed by atoms with Crippen LogP contribution >= 0.6 is 15.9 Å². The van der Waals surface area contributed by atoms with Crippen molar-refractivity contribution in [1.82, 2.24) is 0 Å². The third kappa shape index (κ3) is 11.5. The predicted octanol–water partition coefficient (Wildman–Crippen LogP) is 6.47. The molecule has 1 nitrogen and oxygen atoms in total. The smallest absolute Gasteiger partial charge is 0.152 e. The molecule has 0 N–H and O–H groups in total. The number of carbonyl (C=O) groups excluding carboxylic acids is 1. The zero-order valence-electron chi connectivity index (χ0n) is 14.1. The van der Waals surface area contributed by atoms with E-state index in [1.165, 1.54) is 30.7 Å². The predicted molar refractivity (Wildman–Crippen MR) is 100 cm³/mol. The first-order valence-electron chi connectivity index (χ1n) is 7.37. The minimum Gasteiger partial charge on any atom is -0.295 e. The number of rotatable bonds is 2.